The summed E-state index contributed by atoms with van der Waals surface area (Å²) in [6.07, 6.45) is 4.10. The van der Waals surface area contributed by atoms with Crippen molar-refractivity contribution >= 4 is 11.9 Å². The van der Waals surface area contributed by atoms with Gasteiger partial charge in [0, 0.05) is 39.1 Å². The molecule has 0 saturated carbocycles. The Labute approximate surface area is 120 Å². The Balaban J connectivity index is 1.62. The summed E-state index contributed by atoms with van der Waals surface area (Å²) >= 11 is 0. The summed E-state index contributed by atoms with van der Waals surface area (Å²) in [6.45, 7) is 5.38. The number of nitrogens with one attached hydrogen (secondary N) is 2. The number of piperidine rings is 1. The van der Waals surface area contributed by atoms with Crippen LogP contribution in [-0.4, -0.2) is 68.1 Å². The standard InChI is InChI=1S/C14H26N4O2/c1-15-14(20)18-9-4-12(5-10-18)13(19)16-6-11-17-7-2-3-8-17/h12H,2-11H2,1H3,(H,15,20)(H,16,19). The molecular weight excluding hydrogens is 256 g/mol. The van der Waals surface area contributed by atoms with Gasteiger partial charge in [0.15, 0.2) is 0 Å². The number of carbonyl (C=O) groups is 2. The summed E-state index contributed by atoms with van der Waals surface area (Å²) in [5, 5.41) is 5.66. The molecule has 0 aromatic heterocycles. The maximum absolute atomic E-state index is 12.1. The molecule has 0 radical (unpaired) electrons. The zero-order valence-electron chi connectivity index (χ0n) is 12.4. The fraction of sp³-hybridized carbons (Fsp3) is 0.857. The van der Waals surface area contributed by atoms with Gasteiger partial charge in [0.2, 0.25) is 5.91 Å². The van der Waals surface area contributed by atoms with Crippen LogP contribution in [0, 0.1) is 5.92 Å². The van der Waals surface area contributed by atoms with E-state index in [4.69, 9.17) is 0 Å². The molecule has 2 aliphatic heterocycles. The second-order valence-corrected chi connectivity index (χ2v) is 5.66. The molecule has 0 atom stereocenters. The first-order valence-electron chi connectivity index (χ1n) is 7.67. The van der Waals surface area contributed by atoms with Crippen LogP contribution in [0.1, 0.15) is 25.7 Å². The van der Waals surface area contributed by atoms with E-state index in [0.29, 0.717) is 13.1 Å². The molecule has 114 valence electrons. The van der Waals surface area contributed by atoms with Crippen LogP contribution in [0.5, 0.6) is 0 Å². The Morgan fingerprint density at radius 2 is 1.75 bits per heavy atom. The van der Waals surface area contributed by atoms with Crippen molar-refractivity contribution in [2.75, 3.05) is 46.3 Å². The van der Waals surface area contributed by atoms with Crippen molar-refractivity contribution in [1.29, 1.82) is 0 Å². The quantitative estimate of drug-likeness (QED) is 0.777. The molecule has 2 heterocycles. The molecular formula is C14H26N4O2. The van der Waals surface area contributed by atoms with E-state index in [1.54, 1.807) is 11.9 Å². The van der Waals surface area contributed by atoms with Gasteiger partial charge in [0.05, 0.1) is 0 Å². The predicted molar refractivity (Wildman–Crippen MR) is 77.4 cm³/mol. The van der Waals surface area contributed by atoms with Gasteiger partial charge in [-0.3, -0.25) is 4.79 Å². The third-order valence-electron chi connectivity index (χ3n) is 4.29. The maximum Gasteiger partial charge on any atom is 0.317 e. The molecule has 2 saturated heterocycles. The van der Waals surface area contributed by atoms with Crippen molar-refractivity contribution in [1.82, 2.24) is 20.4 Å². The molecule has 0 aliphatic carbocycles. The first-order chi connectivity index (χ1) is 9.70. The fourth-order valence-corrected chi connectivity index (χ4v) is 2.99. The first kappa shape index (κ1) is 15.1. The number of hydrogen-bond donors (Lipinski definition) is 2. The topological polar surface area (TPSA) is 64.7 Å². The largest absolute Gasteiger partial charge is 0.355 e. The van der Waals surface area contributed by atoms with Gasteiger partial charge >= 0.3 is 6.03 Å². The highest BCUT2D eigenvalue weighted by Crippen LogP contribution is 2.17. The smallest absolute Gasteiger partial charge is 0.317 e. The fourth-order valence-electron chi connectivity index (χ4n) is 2.99. The number of carbonyl (C=O) groups excluding carboxylic acids is 2. The highest BCUT2D eigenvalue weighted by molar-refractivity contribution is 5.79. The molecule has 0 aromatic rings. The highest BCUT2D eigenvalue weighted by Gasteiger charge is 2.26. The lowest BCUT2D eigenvalue weighted by molar-refractivity contribution is -0.126. The average Bonchev–Trinajstić information content (AvgIpc) is 2.99. The lowest BCUT2D eigenvalue weighted by Crippen LogP contribution is -2.46. The maximum atomic E-state index is 12.1. The zero-order chi connectivity index (χ0) is 14.4. The summed E-state index contributed by atoms with van der Waals surface area (Å²) in [4.78, 5) is 27.7. The van der Waals surface area contributed by atoms with Gasteiger partial charge in [-0.25, -0.2) is 4.79 Å². The lowest BCUT2D eigenvalue weighted by atomic mass is 9.96. The molecule has 3 amide bonds. The third-order valence-corrected chi connectivity index (χ3v) is 4.29. The van der Waals surface area contributed by atoms with Crippen LogP contribution in [0.3, 0.4) is 0 Å². The number of amides is 3. The molecule has 2 aliphatic rings. The highest BCUT2D eigenvalue weighted by atomic mass is 16.2. The SMILES string of the molecule is CNC(=O)N1CCC(C(=O)NCCN2CCCC2)CC1. The molecule has 0 bridgehead atoms. The zero-order valence-corrected chi connectivity index (χ0v) is 12.4. The van der Waals surface area contributed by atoms with Crippen LogP contribution in [-0.2, 0) is 4.79 Å². The van der Waals surface area contributed by atoms with E-state index in [2.05, 4.69) is 15.5 Å². The van der Waals surface area contributed by atoms with Gasteiger partial charge in [0.1, 0.15) is 0 Å². The van der Waals surface area contributed by atoms with Crippen molar-refractivity contribution < 1.29 is 9.59 Å². The van der Waals surface area contributed by atoms with Crippen molar-refractivity contribution in [3.63, 3.8) is 0 Å². The second-order valence-electron chi connectivity index (χ2n) is 5.66. The van der Waals surface area contributed by atoms with E-state index in [1.165, 1.54) is 25.9 Å². The molecule has 2 fully saturated rings. The second kappa shape index (κ2) is 7.47. The summed E-state index contributed by atoms with van der Waals surface area (Å²) in [7, 11) is 1.64. The minimum atomic E-state index is -0.0436. The number of nitrogens with zero attached hydrogens (tertiary/aromatic N) is 2. The molecule has 20 heavy (non-hydrogen) atoms. The Morgan fingerprint density at radius 1 is 1.10 bits per heavy atom. The molecule has 0 aromatic carbocycles. The van der Waals surface area contributed by atoms with E-state index in [-0.39, 0.29) is 17.9 Å². The molecule has 2 rings (SSSR count). The number of rotatable bonds is 4. The minimum absolute atomic E-state index is 0.0436. The number of likely N-dealkylation sites (tertiary alicyclic amines) is 2. The van der Waals surface area contributed by atoms with Gasteiger partial charge in [-0.1, -0.05) is 0 Å². The van der Waals surface area contributed by atoms with Gasteiger partial charge in [-0.2, -0.15) is 0 Å². The molecule has 6 nitrogen and oxygen atoms in total. The number of urea groups is 1. The van der Waals surface area contributed by atoms with Gasteiger partial charge < -0.3 is 20.4 Å². The van der Waals surface area contributed by atoms with Gasteiger partial charge in [0.25, 0.3) is 0 Å². The average molecular weight is 282 g/mol. The third kappa shape index (κ3) is 4.10. The van der Waals surface area contributed by atoms with Crippen LogP contribution in [0.2, 0.25) is 0 Å². The molecule has 6 heteroatoms. The Hall–Kier alpha value is -1.30. The van der Waals surface area contributed by atoms with Crippen molar-refractivity contribution in [2.45, 2.75) is 25.7 Å². The monoisotopic (exact) mass is 282 g/mol. The van der Waals surface area contributed by atoms with E-state index in [9.17, 15) is 9.59 Å². The van der Waals surface area contributed by atoms with Gasteiger partial charge in [-0.15, -0.1) is 0 Å². The predicted octanol–water partition coefficient (Wildman–Crippen LogP) is 0.250. The van der Waals surface area contributed by atoms with Crippen LogP contribution in [0.4, 0.5) is 4.79 Å². The van der Waals surface area contributed by atoms with E-state index >= 15 is 0 Å². The summed E-state index contributed by atoms with van der Waals surface area (Å²) in [5.41, 5.74) is 0. The van der Waals surface area contributed by atoms with Crippen molar-refractivity contribution in [2.24, 2.45) is 5.92 Å². The van der Waals surface area contributed by atoms with E-state index < -0.39 is 0 Å². The van der Waals surface area contributed by atoms with Crippen LogP contribution in [0.25, 0.3) is 0 Å². The normalized spacial score (nSPS) is 20.9. The van der Waals surface area contributed by atoms with E-state index in [0.717, 1.165) is 25.9 Å². The van der Waals surface area contributed by atoms with Crippen molar-refractivity contribution in [3.8, 4) is 0 Å². The minimum Gasteiger partial charge on any atom is -0.355 e. The Kier molecular flexibility index (Phi) is 5.64. The summed E-state index contributed by atoms with van der Waals surface area (Å²) < 4.78 is 0. The van der Waals surface area contributed by atoms with E-state index in [1.807, 2.05) is 0 Å². The van der Waals surface area contributed by atoms with Crippen LogP contribution >= 0.6 is 0 Å². The van der Waals surface area contributed by atoms with Crippen LogP contribution < -0.4 is 10.6 Å². The van der Waals surface area contributed by atoms with Crippen LogP contribution in [0.15, 0.2) is 0 Å². The molecule has 2 N–H and O–H groups in total. The number of hydrogen-bond acceptors (Lipinski definition) is 3. The van der Waals surface area contributed by atoms with Gasteiger partial charge in [-0.05, 0) is 38.8 Å². The molecule has 0 spiro atoms. The summed E-state index contributed by atoms with van der Waals surface area (Å²) in [5.74, 6) is 0.218. The summed E-state index contributed by atoms with van der Waals surface area (Å²) in [6, 6.07) is -0.0436. The van der Waals surface area contributed by atoms with Crippen molar-refractivity contribution in [3.05, 3.63) is 0 Å². The Bertz CT molecular complexity index is 334. The Morgan fingerprint density at radius 3 is 2.35 bits per heavy atom. The first-order valence-corrected chi connectivity index (χ1v) is 7.67. The molecule has 0 unspecified atom stereocenters. The lowest BCUT2D eigenvalue weighted by Gasteiger charge is -2.31.